The minimum absolute atomic E-state index is 1.49. The highest BCUT2D eigenvalue weighted by Gasteiger charge is 2.34. The Kier molecular flexibility index (Phi) is 4.10. The standard InChI is InChI=1S/C4H15BO5Si2/c1-11(2,7)9-5(6)10-12(3,4)8/h6-8H,1-4H3. The molecule has 3 N–H and O–H groups in total. The van der Waals surface area contributed by atoms with E-state index in [1.807, 2.05) is 0 Å². The molecule has 0 heterocycles. The molecule has 0 saturated carbocycles. The number of rotatable bonds is 4. The van der Waals surface area contributed by atoms with Gasteiger partial charge in [-0.2, -0.15) is 0 Å². The lowest BCUT2D eigenvalue weighted by Gasteiger charge is -2.22. The summed E-state index contributed by atoms with van der Waals surface area (Å²) in [7, 11) is -7.09. The minimum Gasteiger partial charge on any atom is -0.411 e. The maximum absolute atomic E-state index is 9.20. The van der Waals surface area contributed by atoms with Crippen molar-refractivity contribution in [3.63, 3.8) is 0 Å². The SMILES string of the molecule is C[Si](C)(O)OB(O)O[Si](C)(C)O. The van der Waals surface area contributed by atoms with Gasteiger partial charge in [-0.25, -0.2) is 0 Å². The molecule has 0 aliphatic carbocycles. The van der Waals surface area contributed by atoms with E-state index in [0.29, 0.717) is 0 Å². The summed E-state index contributed by atoms with van der Waals surface area (Å²) in [5.74, 6) is 0. The largest absolute Gasteiger partial charge is 0.617 e. The normalized spacial score (nSPS) is 13.2. The molecule has 0 aromatic carbocycles. The molecule has 0 spiro atoms. The summed E-state index contributed by atoms with van der Waals surface area (Å²) in [5, 5.41) is 9.03. The number of hydrogen-bond acceptors (Lipinski definition) is 5. The molecule has 0 aliphatic rings. The van der Waals surface area contributed by atoms with Crippen molar-refractivity contribution in [2.24, 2.45) is 0 Å². The second-order valence-electron chi connectivity index (χ2n) is 3.44. The van der Waals surface area contributed by atoms with Gasteiger partial charge in [-0.05, 0) is 26.2 Å². The van der Waals surface area contributed by atoms with Crippen molar-refractivity contribution in [2.45, 2.75) is 26.2 Å². The zero-order valence-electron chi connectivity index (χ0n) is 7.74. The summed E-state index contributed by atoms with van der Waals surface area (Å²) < 4.78 is 9.43. The van der Waals surface area contributed by atoms with Gasteiger partial charge in [0.1, 0.15) is 0 Å². The summed E-state index contributed by atoms with van der Waals surface area (Å²) in [4.78, 5) is 18.4. The fourth-order valence-electron chi connectivity index (χ4n) is 0.517. The van der Waals surface area contributed by atoms with Gasteiger partial charge in [0.05, 0.1) is 0 Å². The van der Waals surface area contributed by atoms with Gasteiger partial charge < -0.3 is 23.3 Å². The molecule has 12 heavy (non-hydrogen) atoms. The van der Waals surface area contributed by atoms with Crippen molar-refractivity contribution in [3.8, 4) is 0 Å². The van der Waals surface area contributed by atoms with Crippen LogP contribution < -0.4 is 0 Å². The fraction of sp³-hybridized carbons (Fsp3) is 1.00. The van der Waals surface area contributed by atoms with Crippen molar-refractivity contribution in [1.29, 1.82) is 0 Å². The van der Waals surface area contributed by atoms with Gasteiger partial charge in [-0.15, -0.1) is 0 Å². The molecular weight excluding hydrogens is 195 g/mol. The van der Waals surface area contributed by atoms with E-state index in [9.17, 15) is 9.59 Å². The monoisotopic (exact) mass is 210 g/mol. The molecule has 8 heteroatoms. The maximum Gasteiger partial charge on any atom is 0.617 e. The third-order valence-electron chi connectivity index (χ3n) is 0.778. The van der Waals surface area contributed by atoms with Gasteiger partial charge in [0, 0.05) is 0 Å². The van der Waals surface area contributed by atoms with E-state index >= 15 is 0 Å². The zero-order chi connectivity index (χ0) is 9.99. The Bertz CT molecular complexity index is 125. The summed E-state index contributed by atoms with van der Waals surface area (Å²) in [5.41, 5.74) is 0. The second kappa shape index (κ2) is 4.00. The Morgan fingerprint density at radius 1 is 0.917 bits per heavy atom. The predicted molar refractivity (Wildman–Crippen MR) is 49.5 cm³/mol. The Morgan fingerprint density at radius 3 is 1.33 bits per heavy atom. The van der Waals surface area contributed by atoms with Crippen LogP contribution >= 0.6 is 0 Å². The summed E-state index contributed by atoms with van der Waals surface area (Å²) in [6, 6.07) is 0. The van der Waals surface area contributed by atoms with Crippen LogP contribution in [-0.2, 0) is 8.69 Å². The lowest BCUT2D eigenvalue weighted by atomic mass is 10.3. The summed E-state index contributed by atoms with van der Waals surface area (Å²) in [6.07, 6.45) is 0. The first kappa shape index (κ1) is 12.3. The molecule has 0 aliphatic heterocycles. The molecule has 0 aromatic rings. The van der Waals surface area contributed by atoms with E-state index in [1.54, 1.807) is 0 Å². The predicted octanol–water partition coefficient (Wildman–Crippen LogP) is -0.615. The molecule has 0 amide bonds. The first-order valence-electron chi connectivity index (χ1n) is 3.59. The van der Waals surface area contributed by atoms with Gasteiger partial charge in [0.2, 0.25) is 0 Å². The summed E-state index contributed by atoms with van der Waals surface area (Å²) >= 11 is 0. The van der Waals surface area contributed by atoms with Gasteiger partial charge in [0.15, 0.2) is 0 Å². The summed E-state index contributed by atoms with van der Waals surface area (Å²) in [6.45, 7) is 5.97. The Morgan fingerprint density at radius 2 is 1.17 bits per heavy atom. The average Bonchev–Trinajstić information content (AvgIpc) is 1.49. The van der Waals surface area contributed by atoms with E-state index < -0.39 is 24.4 Å². The first-order valence-corrected chi connectivity index (χ1v) is 9.30. The van der Waals surface area contributed by atoms with Crippen LogP contribution in [-0.4, -0.2) is 39.1 Å². The Hall–Kier alpha value is 0.299. The van der Waals surface area contributed by atoms with Gasteiger partial charge in [0.25, 0.3) is 0 Å². The van der Waals surface area contributed by atoms with Crippen LogP contribution in [0.25, 0.3) is 0 Å². The van der Waals surface area contributed by atoms with E-state index in [0.717, 1.165) is 0 Å². The van der Waals surface area contributed by atoms with Crippen LogP contribution in [0, 0.1) is 0 Å². The van der Waals surface area contributed by atoms with Crippen molar-refractivity contribution in [1.82, 2.24) is 0 Å². The van der Waals surface area contributed by atoms with Gasteiger partial charge >= 0.3 is 24.4 Å². The van der Waals surface area contributed by atoms with Crippen LogP contribution in [0.4, 0.5) is 0 Å². The van der Waals surface area contributed by atoms with Crippen molar-refractivity contribution < 1.29 is 23.3 Å². The molecule has 0 radical (unpaired) electrons. The topological polar surface area (TPSA) is 79.2 Å². The average molecular weight is 210 g/mol. The van der Waals surface area contributed by atoms with E-state index in [2.05, 4.69) is 0 Å². The zero-order valence-corrected chi connectivity index (χ0v) is 9.74. The van der Waals surface area contributed by atoms with Crippen LogP contribution in [0.15, 0.2) is 0 Å². The molecule has 0 unspecified atom stereocenters. The lowest BCUT2D eigenvalue weighted by molar-refractivity contribution is 0.235. The van der Waals surface area contributed by atoms with Crippen molar-refractivity contribution >= 4 is 24.4 Å². The molecule has 0 aromatic heterocycles. The van der Waals surface area contributed by atoms with E-state index in [-0.39, 0.29) is 0 Å². The smallest absolute Gasteiger partial charge is 0.411 e. The molecule has 0 bridgehead atoms. The molecule has 72 valence electrons. The van der Waals surface area contributed by atoms with E-state index in [1.165, 1.54) is 26.2 Å². The van der Waals surface area contributed by atoms with Crippen LogP contribution in [0.2, 0.25) is 26.2 Å². The molecule has 0 saturated heterocycles. The molecule has 0 fully saturated rings. The van der Waals surface area contributed by atoms with Gasteiger partial charge in [-0.3, -0.25) is 0 Å². The van der Waals surface area contributed by atoms with Crippen LogP contribution in [0.1, 0.15) is 0 Å². The highest BCUT2D eigenvalue weighted by molar-refractivity contribution is 6.74. The third-order valence-corrected chi connectivity index (χ3v) is 2.34. The van der Waals surface area contributed by atoms with Gasteiger partial charge in [-0.1, -0.05) is 0 Å². The number of hydrogen-bond donors (Lipinski definition) is 3. The quantitative estimate of drug-likeness (QED) is 0.539. The first-order chi connectivity index (χ1) is 5.10. The molecular formula is C4H15BO5Si2. The highest BCUT2D eigenvalue weighted by Crippen LogP contribution is 2.05. The third kappa shape index (κ3) is 8.40. The highest BCUT2D eigenvalue weighted by atomic mass is 28.4. The Labute approximate surface area is 74.6 Å². The Balaban J connectivity index is 3.83. The van der Waals surface area contributed by atoms with Crippen LogP contribution in [0.3, 0.4) is 0 Å². The van der Waals surface area contributed by atoms with Crippen molar-refractivity contribution in [2.75, 3.05) is 0 Å². The molecule has 0 rings (SSSR count). The second-order valence-corrected chi connectivity index (χ2v) is 9.69. The van der Waals surface area contributed by atoms with Crippen molar-refractivity contribution in [3.05, 3.63) is 0 Å². The van der Waals surface area contributed by atoms with E-state index in [4.69, 9.17) is 13.7 Å². The van der Waals surface area contributed by atoms with Crippen LogP contribution in [0.5, 0.6) is 0 Å². The molecule has 0 atom stereocenters. The maximum atomic E-state index is 9.20. The fourth-order valence-corrected chi connectivity index (χ4v) is 1.70. The lowest BCUT2D eigenvalue weighted by Crippen LogP contribution is -2.46. The molecule has 5 nitrogen and oxygen atoms in total. The minimum atomic E-state index is -2.78.